The zero-order valence-electron chi connectivity index (χ0n) is 11.0. The van der Waals surface area contributed by atoms with Crippen molar-refractivity contribution in [2.24, 2.45) is 11.8 Å². The minimum Gasteiger partial charge on any atom is -0.481 e. The largest absolute Gasteiger partial charge is 0.481 e. The van der Waals surface area contributed by atoms with Crippen molar-refractivity contribution in [2.75, 3.05) is 13.1 Å². The predicted molar refractivity (Wildman–Crippen MR) is 69.4 cm³/mol. The molecule has 18 heavy (non-hydrogen) atoms. The van der Waals surface area contributed by atoms with Gasteiger partial charge in [-0.15, -0.1) is 0 Å². The number of carboxylic acid groups (broad SMARTS) is 1. The van der Waals surface area contributed by atoms with Crippen LogP contribution in [0.5, 0.6) is 0 Å². The lowest BCUT2D eigenvalue weighted by atomic mass is 9.79. The van der Waals surface area contributed by atoms with Crippen molar-refractivity contribution in [2.45, 2.75) is 57.0 Å². The number of hydrogen-bond acceptors (Lipinski definition) is 3. The van der Waals surface area contributed by atoms with E-state index in [1.807, 2.05) is 0 Å². The third-order valence-corrected chi connectivity index (χ3v) is 4.62. The molecule has 0 aromatic heterocycles. The summed E-state index contributed by atoms with van der Waals surface area (Å²) in [7, 11) is 0. The number of aliphatic carboxylic acids is 1. The molecule has 0 aromatic rings. The predicted octanol–water partition coefficient (Wildman–Crippen LogP) is 1.77. The van der Waals surface area contributed by atoms with Gasteiger partial charge < -0.3 is 15.5 Å². The van der Waals surface area contributed by atoms with Gasteiger partial charge >= 0.3 is 5.97 Å². The first-order chi connectivity index (χ1) is 8.61. The molecule has 104 valence electrons. The minimum absolute atomic E-state index is 0.190. The van der Waals surface area contributed by atoms with Gasteiger partial charge in [0.1, 0.15) is 0 Å². The third kappa shape index (κ3) is 3.45. The fraction of sp³-hybridized carbons (Fsp3) is 0.929. The lowest BCUT2D eigenvalue weighted by Crippen LogP contribution is -2.42. The van der Waals surface area contributed by atoms with Gasteiger partial charge in [0.15, 0.2) is 0 Å². The molecule has 0 spiro atoms. The highest BCUT2D eigenvalue weighted by Gasteiger charge is 2.33. The highest BCUT2D eigenvalue weighted by atomic mass is 16.4. The van der Waals surface area contributed by atoms with E-state index in [2.05, 4.69) is 5.32 Å². The van der Waals surface area contributed by atoms with E-state index in [1.165, 1.54) is 0 Å². The highest BCUT2D eigenvalue weighted by Crippen LogP contribution is 2.31. The van der Waals surface area contributed by atoms with Crippen molar-refractivity contribution < 1.29 is 15.0 Å². The van der Waals surface area contributed by atoms with E-state index in [0.717, 1.165) is 57.9 Å². The van der Waals surface area contributed by atoms with E-state index in [9.17, 15) is 15.0 Å². The maximum absolute atomic E-state index is 11.2. The first-order valence-electron chi connectivity index (χ1n) is 7.27. The molecule has 2 fully saturated rings. The Kier molecular flexibility index (Phi) is 4.62. The average molecular weight is 255 g/mol. The van der Waals surface area contributed by atoms with Crippen molar-refractivity contribution in [3.8, 4) is 0 Å². The number of rotatable bonds is 5. The molecule has 2 unspecified atom stereocenters. The Labute approximate surface area is 109 Å². The van der Waals surface area contributed by atoms with E-state index >= 15 is 0 Å². The molecule has 0 saturated heterocycles. The first-order valence-corrected chi connectivity index (χ1v) is 7.27. The van der Waals surface area contributed by atoms with Crippen LogP contribution in [0, 0.1) is 11.8 Å². The number of carbonyl (C=O) groups is 1. The van der Waals surface area contributed by atoms with Crippen LogP contribution < -0.4 is 5.32 Å². The standard InChI is InChI=1S/C14H25NO3/c16-13(17)12-6-2-1-5-11(12)9-15-10-14(18)7-3-4-8-14/h11-12,15,18H,1-10H2,(H,16,17). The van der Waals surface area contributed by atoms with Crippen LogP contribution in [0.1, 0.15) is 51.4 Å². The van der Waals surface area contributed by atoms with Crippen LogP contribution in [-0.2, 0) is 4.79 Å². The SMILES string of the molecule is O=C(O)C1CCCCC1CNCC1(O)CCCC1. The lowest BCUT2D eigenvalue weighted by Gasteiger charge is -2.30. The Hall–Kier alpha value is -0.610. The van der Waals surface area contributed by atoms with Crippen molar-refractivity contribution >= 4 is 5.97 Å². The first kappa shape index (κ1) is 13.8. The molecule has 2 aliphatic carbocycles. The van der Waals surface area contributed by atoms with Gasteiger partial charge in [-0.3, -0.25) is 4.79 Å². The number of aliphatic hydroxyl groups is 1. The van der Waals surface area contributed by atoms with E-state index < -0.39 is 11.6 Å². The van der Waals surface area contributed by atoms with Crippen molar-refractivity contribution in [3.05, 3.63) is 0 Å². The molecule has 0 radical (unpaired) electrons. The third-order valence-electron chi connectivity index (χ3n) is 4.62. The zero-order chi connectivity index (χ0) is 13.0. The van der Waals surface area contributed by atoms with Crippen LogP contribution in [0.25, 0.3) is 0 Å². The Bertz CT molecular complexity index is 287. The van der Waals surface area contributed by atoms with Crippen molar-refractivity contribution in [1.82, 2.24) is 5.32 Å². The summed E-state index contributed by atoms with van der Waals surface area (Å²) < 4.78 is 0. The number of hydrogen-bond donors (Lipinski definition) is 3. The zero-order valence-corrected chi connectivity index (χ0v) is 11.0. The average Bonchev–Trinajstić information content (AvgIpc) is 2.77. The molecule has 2 saturated carbocycles. The van der Waals surface area contributed by atoms with Gasteiger partial charge in [-0.1, -0.05) is 25.7 Å². The topological polar surface area (TPSA) is 69.6 Å². The molecule has 0 aliphatic heterocycles. The number of nitrogens with one attached hydrogen (secondary N) is 1. The summed E-state index contributed by atoms with van der Waals surface area (Å²) in [5.41, 5.74) is -0.534. The fourth-order valence-corrected chi connectivity index (χ4v) is 3.48. The maximum atomic E-state index is 11.2. The molecule has 0 amide bonds. The summed E-state index contributed by atoms with van der Waals surface area (Å²) in [6.07, 6.45) is 7.98. The molecular weight excluding hydrogens is 230 g/mol. The molecule has 0 aromatic carbocycles. The lowest BCUT2D eigenvalue weighted by molar-refractivity contribution is -0.144. The van der Waals surface area contributed by atoms with Gasteiger partial charge in [0.05, 0.1) is 11.5 Å². The second kappa shape index (κ2) is 6.02. The molecule has 0 bridgehead atoms. The Morgan fingerprint density at radius 3 is 2.50 bits per heavy atom. The van der Waals surface area contributed by atoms with Gasteiger partial charge in [-0.05, 0) is 38.1 Å². The van der Waals surface area contributed by atoms with Crippen LogP contribution in [-0.4, -0.2) is 34.9 Å². The summed E-state index contributed by atoms with van der Waals surface area (Å²) >= 11 is 0. The summed E-state index contributed by atoms with van der Waals surface area (Å²) in [6.45, 7) is 1.36. The fourth-order valence-electron chi connectivity index (χ4n) is 3.48. The molecule has 2 rings (SSSR count). The normalized spacial score (nSPS) is 31.4. The van der Waals surface area contributed by atoms with Crippen LogP contribution in [0.15, 0.2) is 0 Å². The Morgan fingerprint density at radius 2 is 1.83 bits per heavy atom. The second-order valence-corrected chi connectivity index (χ2v) is 6.05. The summed E-state index contributed by atoms with van der Waals surface area (Å²) in [5, 5.41) is 22.7. The van der Waals surface area contributed by atoms with Gasteiger partial charge in [0.25, 0.3) is 0 Å². The molecule has 3 N–H and O–H groups in total. The van der Waals surface area contributed by atoms with Gasteiger partial charge in [0, 0.05) is 6.54 Å². The summed E-state index contributed by atoms with van der Waals surface area (Å²) in [5.74, 6) is -0.605. The van der Waals surface area contributed by atoms with E-state index in [-0.39, 0.29) is 11.8 Å². The molecule has 4 heteroatoms. The molecule has 2 aliphatic rings. The molecule has 4 nitrogen and oxygen atoms in total. The monoisotopic (exact) mass is 255 g/mol. The summed E-state index contributed by atoms with van der Waals surface area (Å²) in [6, 6.07) is 0. The molecule has 2 atom stereocenters. The highest BCUT2D eigenvalue weighted by molar-refractivity contribution is 5.70. The summed E-state index contributed by atoms with van der Waals surface area (Å²) in [4.78, 5) is 11.2. The van der Waals surface area contributed by atoms with Gasteiger partial charge in [-0.2, -0.15) is 0 Å². The van der Waals surface area contributed by atoms with Crippen LogP contribution >= 0.6 is 0 Å². The van der Waals surface area contributed by atoms with Gasteiger partial charge in [0.2, 0.25) is 0 Å². The smallest absolute Gasteiger partial charge is 0.306 e. The van der Waals surface area contributed by atoms with Crippen molar-refractivity contribution in [1.29, 1.82) is 0 Å². The van der Waals surface area contributed by atoms with Crippen LogP contribution in [0.3, 0.4) is 0 Å². The van der Waals surface area contributed by atoms with Crippen LogP contribution in [0.4, 0.5) is 0 Å². The van der Waals surface area contributed by atoms with E-state index in [0.29, 0.717) is 6.54 Å². The molecular formula is C14H25NO3. The van der Waals surface area contributed by atoms with Crippen LogP contribution in [0.2, 0.25) is 0 Å². The minimum atomic E-state index is -0.652. The maximum Gasteiger partial charge on any atom is 0.306 e. The molecule has 0 heterocycles. The van der Waals surface area contributed by atoms with Crippen molar-refractivity contribution in [3.63, 3.8) is 0 Å². The van der Waals surface area contributed by atoms with E-state index in [4.69, 9.17) is 0 Å². The quantitative estimate of drug-likeness (QED) is 0.700. The second-order valence-electron chi connectivity index (χ2n) is 6.05. The Balaban J connectivity index is 1.76. The van der Waals surface area contributed by atoms with Gasteiger partial charge in [-0.25, -0.2) is 0 Å². The Morgan fingerprint density at radius 1 is 1.17 bits per heavy atom. The number of carboxylic acids is 1. The van der Waals surface area contributed by atoms with E-state index in [1.54, 1.807) is 0 Å².